The van der Waals surface area contributed by atoms with Crippen molar-refractivity contribution < 1.29 is 4.74 Å². The van der Waals surface area contributed by atoms with E-state index in [1.165, 1.54) is 5.69 Å². The number of H-pyrrole nitrogens is 2. The lowest BCUT2D eigenvalue weighted by Crippen LogP contribution is -2.44. The lowest BCUT2D eigenvalue weighted by atomic mass is 10.2. The molecule has 34 heavy (non-hydrogen) atoms. The lowest BCUT2D eigenvalue weighted by Gasteiger charge is -2.34. The first-order chi connectivity index (χ1) is 16.6. The normalized spacial score (nSPS) is 14.9. The van der Waals surface area contributed by atoms with Crippen LogP contribution in [0.25, 0.3) is 44.8 Å². The van der Waals surface area contributed by atoms with Crippen LogP contribution in [-0.4, -0.2) is 65.2 Å². The van der Waals surface area contributed by atoms with Crippen molar-refractivity contribution in [2.75, 3.05) is 45.2 Å². The molecule has 1 fully saturated rings. The number of methoxy groups -OCH3 is 1. The molecule has 0 radical (unpaired) electrons. The molecule has 3 heterocycles. The van der Waals surface area contributed by atoms with Gasteiger partial charge in [0.15, 0.2) is 0 Å². The fourth-order valence-electron chi connectivity index (χ4n) is 4.50. The van der Waals surface area contributed by atoms with E-state index in [9.17, 15) is 0 Å². The average Bonchev–Trinajstić information content (AvgIpc) is 3.47. The van der Waals surface area contributed by atoms with Gasteiger partial charge in [0, 0.05) is 43.0 Å². The smallest absolute Gasteiger partial charge is 0.138 e. The van der Waals surface area contributed by atoms with E-state index in [1.54, 1.807) is 7.11 Å². The van der Waals surface area contributed by atoms with Gasteiger partial charge in [-0.2, -0.15) is 0 Å². The van der Waals surface area contributed by atoms with Gasteiger partial charge in [-0.1, -0.05) is 0 Å². The number of aromatic nitrogens is 4. The molecule has 7 nitrogen and oxygen atoms in total. The van der Waals surface area contributed by atoms with E-state index in [2.05, 4.69) is 85.8 Å². The summed E-state index contributed by atoms with van der Waals surface area (Å²) in [7, 11) is 3.87. The highest BCUT2D eigenvalue weighted by atomic mass is 127. The number of ether oxygens (including phenoxy) is 1. The second kappa shape index (κ2) is 8.59. The number of likely N-dealkylation sites (N-methyl/N-ethyl adjacent to an activating group) is 1. The maximum atomic E-state index is 5.38. The minimum atomic E-state index is 0.842. The van der Waals surface area contributed by atoms with Crippen LogP contribution in [0.5, 0.6) is 5.75 Å². The van der Waals surface area contributed by atoms with Crippen LogP contribution in [0.2, 0.25) is 0 Å². The molecule has 0 spiro atoms. The van der Waals surface area contributed by atoms with Crippen molar-refractivity contribution in [3.05, 3.63) is 58.2 Å². The molecule has 0 amide bonds. The summed E-state index contributed by atoms with van der Waals surface area (Å²) in [5.41, 5.74) is 7.26. The van der Waals surface area contributed by atoms with Gasteiger partial charge in [0.1, 0.15) is 17.4 Å². The number of hydrogen-bond acceptors (Lipinski definition) is 5. The molecule has 0 bridgehead atoms. The first-order valence-corrected chi connectivity index (χ1v) is 12.4. The fourth-order valence-corrected chi connectivity index (χ4v) is 5.24. The summed E-state index contributed by atoms with van der Waals surface area (Å²) in [4.78, 5) is 21.4. The monoisotopic (exact) mass is 564 g/mol. The van der Waals surface area contributed by atoms with Crippen LogP contribution in [0.4, 0.5) is 5.69 Å². The van der Waals surface area contributed by atoms with Gasteiger partial charge >= 0.3 is 0 Å². The molecule has 0 unspecified atom stereocenters. The van der Waals surface area contributed by atoms with E-state index in [-0.39, 0.29) is 0 Å². The summed E-state index contributed by atoms with van der Waals surface area (Å²) in [5, 5.41) is 0. The number of nitrogens with one attached hydrogen (secondary N) is 2. The molecule has 0 aliphatic carbocycles. The second-order valence-corrected chi connectivity index (χ2v) is 9.91. The fraction of sp³-hybridized carbons (Fsp3) is 0.231. The van der Waals surface area contributed by atoms with Crippen molar-refractivity contribution in [3.63, 3.8) is 0 Å². The molecule has 2 aromatic heterocycles. The Bertz CT molecular complexity index is 1500. The Hall–Kier alpha value is -3.11. The third kappa shape index (κ3) is 3.90. The molecular formula is C26H25IN6O. The highest BCUT2D eigenvalue weighted by molar-refractivity contribution is 14.1. The SMILES string of the molecule is COc1ccc(-c2nc3ccc(-c4nc5ccc(N6CCN(C)CC6)cc5[nH]4)cc3[nH]2)cc1I. The van der Waals surface area contributed by atoms with E-state index in [4.69, 9.17) is 14.7 Å². The zero-order valence-electron chi connectivity index (χ0n) is 19.1. The molecule has 0 atom stereocenters. The molecule has 1 aliphatic rings. The van der Waals surface area contributed by atoms with Gasteiger partial charge in [-0.3, -0.25) is 0 Å². The number of imidazole rings is 2. The number of aromatic amines is 2. The summed E-state index contributed by atoms with van der Waals surface area (Å²) in [5.74, 6) is 2.57. The molecule has 3 aromatic carbocycles. The van der Waals surface area contributed by atoms with Gasteiger partial charge in [0.25, 0.3) is 0 Å². The molecule has 8 heteroatoms. The van der Waals surface area contributed by atoms with Gasteiger partial charge in [-0.25, -0.2) is 9.97 Å². The van der Waals surface area contributed by atoms with Crippen LogP contribution < -0.4 is 9.64 Å². The quantitative estimate of drug-likeness (QED) is 0.296. The molecule has 0 saturated carbocycles. The average molecular weight is 564 g/mol. The Morgan fingerprint density at radius 3 is 2.09 bits per heavy atom. The van der Waals surface area contributed by atoms with Crippen LogP contribution in [0.3, 0.4) is 0 Å². The highest BCUT2D eigenvalue weighted by Gasteiger charge is 2.16. The van der Waals surface area contributed by atoms with Crippen LogP contribution >= 0.6 is 22.6 Å². The molecule has 2 N–H and O–H groups in total. The summed E-state index contributed by atoms with van der Waals surface area (Å²) in [6, 6.07) is 18.8. The third-order valence-corrected chi connectivity index (χ3v) is 7.36. The van der Waals surface area contributed by atoms with Gasteiger partial charge in [-0.15, -0.1) is 0 Å². The first kappa shape index (κ1) is 21.4. The number of halogens is 1. The number of anilines is 1. The van der Waals surface area contributed by atoms with E-state index in [1.807, 2.05) is 18.2 Å². The Labute approximate surface area is 211 Å². The minimum Gasteiger partial charge on any atom is -0.496 e. The molecule has 1 saturated heterocycles. The topological polar surface area (TPSA) is 73.1 Å². The van der Waals surface area contributed by atoms with Crippen LogP contribution in [0, 0.1) is 3.57 Å². The third-order valence-electron chi connectivity index (χ3n) is 6.51. The summed E-state index contributed by atoms with van der Waals surface area (Å²) in [6.07, 6.45) is 0. The predicted octanol–water partition coefficient (Wildman–Crippen LogP) is 5.14. The summed E-state index contributed by atoms with van der Waals surface area (Å²) >= 11 is 2.28. The van der Waals surface area contributed by atoms with Gasteiger partial charge in [0.2, 0.25) is 0 Å². The van der Waals surface area contributed by atoms with Crippen molar-refractivity contribution >= 4 is 50.3 Å². The molecule has 1 aliphatic heterocycles. The molecule has 5 aromatic rings. The van der Waals surface area contributed by atoms with E-state index >= 15 is 0 Å². The number of nitrogens with zero attached hydrogens (tertiary/aromatic N) is 4. The largest absolute Gasteiger partial charge is 0.496 e. The van der Waals surface area contributed by atoms with Crippen LogP contribution in [0.15, 0.2) is 54.6 Å². The van der Waals surface area contributed by atoms with Crippen LogP contribution in [-0.2, 0) is 0 Å². The van der Waals surface area contributed by atoms with Crippen molar-refractivity contribution in [1.29, 1.82) is 0 Å². The standard InChI is InChI=1S/C26H25IN6O/c1-32-9-11-33(12-10-32)18-5-7-21-23(15-18)31-26(29-21)17-3-6-20-22(14-17)30-25(28-20)16-4-8-24(34-2)19(27)13-16/h3-8,13-15H,9-12H2,1-2H3,(H,28,30)(H,29,31). The molecule has 172 valence electrons. The molecule has 6 rings (SSSR count). The van der Waals surface area contributed by atoms with E-state index in [0.717, 1.165) is 80.3 Å². The maximum Gasteiger partial charge on any atom is 0.138 e. The van der Waals surface area contributed by atoms with Crippen molar-refractivity contribution in [2.45, 2.75) is 0 Å². The summed E-state index contributed by atoms with van der Waals surface area (Å²) < 4.78 is 6.43. The minimum absolute atomic E-state index is 0.842. The predicted molar refractivity (Wildman–Crippen MR) is 146 cm³/mol. The van der Waals surface area contributed by atoms with Crippen molar-refractivity contribution in [2.24, 2.45) is 0 Å². The number of rotatable bonds is 4. The zero-order valence-corrected chi connectivity index (χ0v) is 21.3. The number of piperazine rings is 1. The Morgan fingerprint density at radius 1 is 0.794 bits per heavy atom. The van der Waals surface area contributed by atoms with Gasteiger partial charge in [0.05, 0.1) is 32.7 Å². The second-order valence-electron chi connectivity index (χ2n) is 8.74. The van der Waals surface area contributed by atoms with E-state index in [0.29, 0.717) is 0 Å². The maximum absolute atomic E-state index is 5.38. The highest BCUT2D eigenvalue weighted by Crippen LogP contribution is 2.30. The van der Waals surface area contributed by atoms with Crippen molar-refractivity contribution in [3.8, 4) is 28.5 Å². The van der Waals surface area contributed by atoms with E-state index < -0.39 is 0 Å². The van der Waals surface area contributed by atoms with Gasteiger partial charge in [-0.05, 0) is 84.2 Å². The Balaban J connectivity index is 1.31. The Morgan fingerprint density at radius 2 is 1.41 bits per heavy atom. The Kier molecular flexibility index (Phi) is 5.41. The zero-order chi connectivity index (χ0) is 23.2. The van der Waals surface area contributed by atoms with Crippen LogP contribution in [0.1, 0.15) is 0 Å². The number of hydrogen-bond donors (Lipinski definition) is 2. The lowest BCUT2D eigenvalue weighted by molar-refractivity contribution is 0.313. The first-order valence-electron chi connectivity index (χ1n) is 11.3. The number of benzene rings is 3. The van der Waals surface area contributed by atoms with Gasteiger partial charge < -0.3 is 24.5 Å². The summed E-state index contributed by atoms with van der Waals surface area (Å²) in [6.45, 7) is 4.28. The van der Waals surface area contributed by atoms with Crippen molar-refractivity contribution in [1.82, 2.24) is 24.8 Å². The number of fused-ring (bicyclic) bond motifs is 2. The molecular weight excluding hydrogens is 539 g/mol.